The molecule has 0 fully saturated rings. The summed E-state index contributed by atoms with van der Waals surface area (Å²) in [6.07, 6.45) is 0. The molecule has 0 spiro atoms. The molecule has 2 aromatic heterocycles. The Morgan fingerprint density at radius 3 is 1.24 bits per heavy atom. The van der Waals surface area contributed by atoms with E-state index < -0.39 is 11.4 Å². The molecule has 0 saturated carbocycles. The average Bonchev–Trinajstić information content (AvgIpc) is 3.05. The van der Waals surface area contributed by atoms with Crippen LogP contribution in [0.4, 0.5) is 0 Å². The molecule has 0 aliphatic rings. The third-order valence-corrected chi connectivity index (χ3v) is 7.25. The number of rotatable bonds is 6. The van der Waals surface area contributed by atoms with Gasteiger partial charge in [0.2, 0.25) is 0 Å². The molecule has 2 heterocycles. The van der Waals surface area contributed by atoms with Crippen LogP contribution < -0.4 is 20.9 Å². The molecule has 10 nitrogen and oxygen atoms in total. The Hall–Kier alpha value is -5.58. The molecule has 0 aliphatic carbocycles. The van der Waals surface area contributed by atoms with Crippen molar-refractivity contribution in [3.05, 3.63) is 128 Å². The van der Waals surface area contributed by atoms with Crippen LogP contribution in [0, 0.1) is 0 Å². The number of phenols is 2. The van der Waals surface area contributed by atoms with E-state index in [1.54, 1.807) is 60.7 Å². The fourth-order valence-electron chi connectivity index (χ4n) is 4.45. The van der Waals surface area contributed by atoms with E-state index in [4.69, 9.17) is 32.7 Å². The standard InChI is InChI=1S/2C17H13ClN2O3/c2*1-23-16-8-11(4-7-15(16)21)14-9-13(19-17(22)20-14)10-2-5-12(18)6-3-10/h2*2-9,21H,1H3,(H,19,20,22). The second-order valence-corrected chi connectivity index (χ2v) is 10.6. The van der Waals surface area contributed by atoms with Crippen LogP contribution in [-0.2, 0) is 0 Å². The van der Waals surface area contributed by atoms with E-state index in [0.29, 0.717) is 55.4 Å². The van der Waals surface area contributed by atoms with Gasteiger partial charge in [-0.1, -0.05) is 47.5 Å². The van der Waals surface area contributed by atoms with Crippen LogP contribution >= 0.6 is 23.2 Å². The van der Waals surface area contributed by atoms with Crippen LogP contribution in [0.1, 0.15) is 0 Å². The number of halogens is 2. The van der Waals surface area contributed by atoms with Crippen molar-refractivity contribution in [1.82, 2.24) is 19.9 Å². The largest absolute Gasteiger partial charge is 0.504 e. The van der Waals surface area contributed by atoms with E-state index in [1.165, 1.54) is 26.4 Å². The van der Waals surface area contributed by atoms with Crippen LogP contribution in [0.15, 0.2) is 107 Å². The minimum Gasteiger partial charge on any atom is -0.504 e. The van der Waals surface area contributed by atoms with Gasteiger partial charge in [0.25, 0.3) is 0 Å². The first-order valence-corrected chi connectivity index (χ1v) is 14.4. The van der Waals surface area contributed by atoms with Gasteiger partial charge in [0, 0.05) is 21.2 Å². The van der Waals surface area contributed by atoms with E-state index in [2.05, 4.69) is 19.9 Å². The van der Waals surface area contributed by atoms with Gasteiger partial charge < -0.3 is 29.7 Å². The number of benzene rings is 4. The van der Waals surface area contributed by atoms with Gasteiger partial charge in [0.05, 0.1) is 37.0 Å². The molecular formula is C34H26Cl2N4O6. The van der Waals surface area contributed by atoms with E-state index in [-0.39, 0.29) is 11.5 Å². The van der Waals surface area contributed by atoms with Gasteiger partial charge in [-0.15, -0.1) is 0 Å². The van der Waals surface area contributed by atoms with Crippen molar-refractivity contribution in [3.63, 3.8) is 0 Å². The smallest absolute Gasteiger partial charge is 0.345 e. The van der Waals surface area contributed by atoms with Crippen molar-refractivity contribution in [2.24, 2.45) is 0 Å². The number of nitrogens with one attached hydrogen (secondary N) is 2. The van der Waals surface area contributed by atoms with Crippen molar-refractivity contribution in [3.8, 4) is 68.0 Å². The monoisotopic (exact) mass is 656 g/mol. The van der Waals surface area contributed by atoms with Crippen molar-refractivity contribution in [1.29, 1.82) is 0 Å². The van der Waals surface area contributed by atoms with Crippen LogP contribution in [0.25, 0.3) is 45.0 Å². The first-order valence-electron chi connectivity index (χ1n) is 13.6. The Morgan fingerprint density at radius 2 is 0.891 bits per heavy atom. The first-order chi connectivity index (χ1) is 22.1. The van der Waals surface area contributed by atoms with Crippen LogP contribution in [0.3, 0.4) is 0 Å². The van der Waals surface area contributed by atoms with Crippen molar-refractivity contribution < 1.29 is 19.7 Å². The molecule has 12 heteroatoms. The van der Waals surface area contributed by atoms with Crippen molar-refractivity contribution in [2.45, 2.75) is 0 Å². The second-order valence-electron chi connectivity index (χ2n) is 9.76. The van der Waals surface area contributed by atoms with Gasteiger partial charge in [-0.25, -0.2) is 9.59 Å². The topological polar surface area (TPSA) is 150 Å². The molecule has 4 aromatic carbocycles. The van der Waals surface area contributed by atoms with Gasteiger partial charge >= 0.3 is 11.4 Å². The van der Waals surface area contributed by atoms with Crippen LogP contribution in [0.2, 0.25) is 10.0 Å². The summed E-state index contributed by atoms with van der Waals surface area (Å²) < 4.78 is 10.2. The zero-order chi connectivity index (χ0) is 32.8. The number of H-pyrrole nitrogens is 2. The summed E-state index contributed by atoms with van der Waals surface area (Å²) in [5, 5.41) is 20.6. The molecule has 0 saturated heterocycles. The summed E-state index contributed by atoms with van der Waals surface area (Å²) in [6, 6.07) is 27.4. The first kappa shape index (κ1) is 31.8. The summed E-state index contributed by atoms with van der Waals surface area (Å²) >= 11 is 11.8. The lowest BCUT2D eigenvalue weighted by molar-refractivity contribution is 0.373. The molecule has 0 aliphatic heterocycles. The van der Waals surface area contributed by atoms with E-state index in [1.807, 2.05) is 24.3 Å². The Bertz CT molecular complexity index is 1960. The van der Waals surface area contributed by atoms with Crippen molar-refractivity contribution >= 4 is 23.2 Å². The number of hydrogen-bond acceptors (Lipinski definition) is 8. The van der Waals surface area contributed by atoms with E-state index in [0.717, 1.165) is 11.1 Å². The number of methoxy groups -OCH3 is 2. The Morgan fingerprint density at radius 1 is 0.543 bits per heavy atom. The maximum absolute atomic E-state index is 11.9. The highest BCUT2D eigenvalue weighted by Gasteiger charge is 2.11. The predicted octanol–water partition coefficient (Wildman–Crippen LogP) is 6.94. The van der Waals surface area contributed by atoms with E-state index in [9.17, 15) is 19.8 Å². The molecule has 6 rings (SSSR count). The minimum absolute atomic E-state index is 0.0269. The van der Waals surface area contributed by atoms with Crippen LogP contribution in [-0.4, -0.2) is 44.4 Å². The number of aromatic nitrogens is 4. The maximum atomic E-state index is 11.9. The van der Waals surface area contributed by atoms with Crippen LogP contribution in [0.5, 0.6) is 23.0 Å². The number of nitrogens with zero attached hydrogens (tertiary/aromatic N) is 2. The summed E-state index contributed by atoms with van der Waals surface area (Å²) in [4.78, 5) is 37.1. The van der Waals surface area contributed by atoms with Crippen molar-refractivity contribution in [2.75, 3.05) is 14.2 Å². The lowest BCUT2D eigenvalue weighted by atomic mass is 10.1. The molecular weight excluding hydrogens is 631 g/mol. The Kier molecular flexibility index (Phi) is 9.70. The molecule has 6 aromatic rings. The number of aromatic amines is 2. The highest BCUT2D eigenvalue weighted by atomic mass is 35.5. The van der Waals surface area contributed by atoms with Gasteiger partial charge in [0.1, 0.15) is 0 Å². The number of phenolic OH excluding ortho intramolecular Hbond substituents is 2. The number of ether oxygens (including phenoxy) is 2. The lowest BCUT2D eigenvalue weighted by Crippen LogP contribution is -2.11. The maximum Gasteiger partial charge on any atom is 0.345 e. The molecule has 0 bridgehead atoms. The number of hydrogen-bond donors (Lipinski definition) is 4. The summed E-state index contributed by atoms with van der Waals surface area (Å²) in [6.45, 7) is 0. The molecule has 232 valence electrons. The highest BCUT2D eigenvalue weighted by Crippen LogP contribution is 2.33. The zero-order valence-electron chi connectivity index (χ0n) is 24.4. The number of aromatic hydroxyl groups is 2. The quantitative estimate of drug-likeness (QED) is 0.150. The van der Waals surface area contributed by atoms with Gasteiger partial charge in [-0.2, -0.15) is 9.97 Å². The summed E-state index contributed by atoms with van der Waals surface area (Å²) in [5.41, 5.74) is 4.28. The lowest BCUT2D eigenvalue weighted by Gasteiger charge is -2.08. The third kappa shape index (κ3) is 7.55. The SMILES string of the molecule is COc1cc(-c2cc(-c3ccc(Cl)cc3)[nH]c(=O)n2)ccc1O.COc1cc(-c2cc(-c3ccc(Cl)cc3)[nH]c(=O)n2)ccc1O. The molecule has 4 N–H and O–H groups in total. The predicted molar refractivity (Wildman–Crippen MR) is 178 cm³/mol. The second kappa shape index (κ2) is 14.0. The highest BCUT2D eigenvalue weighted by molar-refractivity contribution is 6.30. The molecule has 0 radical (unpaired) electrons. The third-order valence-electron chi connectivity index (χ3n) is 6.75. The van der Waals surface area contributed by atoms with Gasteiger partial charge in [0.15, 0.2) is 23.0 Å². The van der Waals surface area contributed by atoms with E-state index >= 15 is 0 Å². The Labute approximate surface area is 272 Å². The normalized spacial score (nSPS) is 10.5. The molecule has 46 heavy (non-hydrogen) atoms. The molecule has 0 amide bonds. The zero-order valence-corrected chi connectivity index (χ0v) is 25.9. The van der Waals surface area contributed by atoms with Gasteiger partial charge in [-0.05, 0) is 83.9 Å². The Balaban J connectivity index is 0.000000181. The molecule has 0 unspecified atom stereocenters. The van der Waals surface area contributed by atoms with Gasteiger partial charge in [-0.3, -0.25) is 0 Å². The summed E-state index contributed by atoms with van der Waals surface area (Å²) in [5.74, 6) is 0.688. The average molecular weight is 658 g/mol. The molecule has 0 atom stereocenters. The minimum atomic E-state index is -0.459. The fourth-order valence-corrected chi connectivity index (χ4v) is 4.71. The fraction of sp³-hybridized carbons (Fsp3) is 0.0588. The summed E-state index contributed by atoms with van der Waals surface area (Å²) in [7, 11) is 2.92.